The maximum Gasteiger partial charge on any atom is 0.436 e. The Kier molecular flexibility index (Phi) is 5.59. The molecule has 148 valence electrons. The number of alkyl halides is 3. The molecule has 0 aliphatic rings. The van der Waals surface area contributed by atoms with Crippen LogP contribution in [0.3, 0.4) is 0 Å². The predicted octanol–water partition coefficient (Wildman–Crippen LogP) is 4.16. The molecule has 1 aromatic carbocycles. The summed E-state index contributed by atoms with van der Waals surface area (Å²) in [5.74, 6) is -0.498. The summed E-state index contributed by atoms with van der Waals surface area (Å²) in [6, 6.07) is 7.88. The van der Waals surface area contributed by atoms with E-state index in [9.17, 15) is 18.0 Å². The molecule has 0 fully saturated rings. The lowest BCUT2D eigenvalue weighted by atomic mass is 10.1. The Morgan fingerprint density at radius 3 is 2.61 bits per heavy atom. The summed E-state index contributed by atoms with van der Waals surface area (Å²) >= 11 is 2.89. The first-order valence-electron chi connectivity index (χ1n) is 8.32. The van der Waals surface area contributed by atoms with Crippen molar-refractivity contribution in [1.82, 2.24) is 19.6 Å². The Bertz CT molecular complexity index is 1010. The molecule has 3 aromatic rings. The number of benzene rings is 1. The highest BCUT2D eigenvalue weighted by Gasteiger charge is 2.38. The average molecular weight is 456 g/mol. The number of nitrogens with zero attached hydrogens (tertiary/aromatic N) is 4. The van der Waals surface area contributed by atoms with E-state index in [2.05, 4.69) is 31.4 Å². The lowest BCUT2D eigenvalue weighted by Crippen LogP contribution is -2.20. The highest BCUT2D eigenvalue weighted by atomic mass is 79.9. The number of rotatable bonds is 5. The minimum Gasteiger partial charge on any atom is -0.322 e. The van der Waals surface area contributed by atoms with Crippen molar-refractivity contribution < 1.29 is 18.0 Å². The quantitative estimate of drug-likeness (QED) is 0.627. The summed E-state index contributed by atoms with van der Waals surface area (Å²) in [4.78, 5) is 12.2. The number of hydrogen-bond acceptors (Lipinski definition) is 3. The van der Waals surface area contributed by atoms with E-state index in [1.807, 2.05) is 31.2 Å². The molecule has 3 rings (SSSR count). The fraction of sp³-hybridized carbons (Fsp3) is 0.278. The molecular weight excluding hydrogens is 439 g/mol. The Morgan fingerprint density at radius 2 is 1.96 bits per heavy atom. The number of aryl methyl sites for hydroxylation is 1. The van der Waals surface area contributed by atoms with Crippen LogP contribution in [0.15, 0.2) is 41.1 Å². The number of halogens is 4. The van der Waals surface area contributed by atoms with E-state index in [4.69, 9.17) is 0 Å². The first kappa shape index (κ1) is 20.1. The van der Waals surface area contributed by atoms with Crippen molar-refractivity contribution in [2.75, 3.05) is 5.32 Å². The lowest BCUT2D eigenvalue weighted by Gasteiger charge is -2.06. The van der Waals surface area contributed by atoms with E-state index in [0.29, 0.717) is 12.2 Å². The first-order valence-corrected chi connectivity index (χ1v) is 9.11. The van der Waals surface area contributed by atoms with Crippen LogP contribution >= 0.6 is 15.9 Å². The Labute approximate surface area is 167 Å². The van der Waals surface area contributed by atoms with Crippen molar-refractivity contribution in [1.29, 1.82) is 0 Å². The van der Waals surface area contributed by atoms with Crippen LogP contribution in [0.2, 0.25) is 0 Å². The number of hydrogen-bond donors (Lipinski definition) is 1. The van der Waals surface area contributed by atoms with Gasteiger partial charge in [0.15, 0.2) is 5.69 Å². The van der Waals surface area contributed by atoms with Gasteiger partial charge in [0, 0.05) is 6.20 Å². The van der Waals surface area contributed by atoms with Gasteiger partial charge in [-0.05, 0) is 40.9 Å². The molecule has 0 radical (unpaired) electrons. The zero-order valence-corrected chi connectivity index (χ0v) is 16.7. The summed E-state index contributed by atoms with van der Waals surface area (Å²) < 4.78 is 41.3. The van der Waals surface area contributed by atoms with Crippen LogP contribution in [0.25, 0.3) is 0 Å². The molecule has 2 heterocycles. The van der Waals surface area contributed by atoms with E-state index in [0.717, 1.165) is 15.8 Å². The Balaban J connectivity index is 1.66. The SMILES string of the molecule is Cc1ccccc1Cn1cc(NC(=O)Cn2nc(C(F)(F)F)c(Br)c2C)cn1. The zero-order chi connectivity index (χ0) is 20.5. The number of carbonyl (C=O) groups is 1. The second kappa shape index (κ2) is 7.78. The molecule has 0 unspecified atom stereocenters. The van der Waals surface area contributed by atoms with Crippen LogP contribution in [0.5, 0.6) is 0 Å². The van der Waals surface area contributed by atoms with E-state index < -0.39 is 17.8 Å². The summed E-state index contributed by atoms with van der Waals surface area (Å²) in [7, 11) is 0. The van der Waals surface area contributed by atoms with Gasteiger partial charge < -0.3 is 5.32 Å². The molecular formula is C18H17BrF3N5O. The minimum atomic E-state index is -4.60. The van der Waals surface area contributed by atoms with E-state index >= 15 is 0 Å². The van der Waals surface area contributed by atoms with Gasteiger partial charge >= 0.3 is 6.18 Å². The van der Waals surface area contributed by atoms with Gasteiger partial charge in [0.05, 0.1) is 28.6 Å². The first-order chi connectivity index (χ1) is 13.1. The van der Waals surface area contributed by atoms with Gasteiger partial charge in [-0.3, -0.25) is 14.2 Å². The fourth-order valence-electron chi connectivity index (χ4n) is 2.67. The van der Waals surface area contributed by atoms with Gasteiger partial charge in [0.1, 0.15) is 6.54 Å². The maximum absolute atomic E-state index is 12.9. The molecule has 6 nitrogen and oxygen atoms in total. The van der Waals surface area contributed by atoms with E-state index in [1.54, 1.807) is 10.9 Å². The topological polar surface area (TPSA) is 64.7 Å². The van der Waals surface area contributed by atoms with E-state index in [-0.39, 0.29) is 16.7 Å². The summed E-state index contributed by atoms with van der Waals surface area (Å²) in [5.41, 5.74) is 1.85. The molecule has 1 amide bonds. The average Bonchev–Trinajstić information content (AvgIpc) is 3.16. The summed E-state index contributed by atoms with van der Waals surface area (Å²) in [6.45, 7) is 3.66. The molecule has 1 N–H and O–H groups in total. The minimum absolute atomic E-state index is 0.168. The molecule has 0 aliphatic carbocycles. The third-order valence-corrected chi connectivity index (χ3v) is 5.16. The predicted molar refractivity (Wildman–Crippen MR) is 101 cm³/mol. The van der Waals surface area contributed by atoms with Crippen molar-refractivity contribution in [3.05, 3.63) is 63.6 Å². The smallest absolute Gasteiger partial charge is 0.322 e. The van der Waals surface area contributed by atoms with Crippen molar-refractivity contribution in [2.45, 2.75) is 33.1 Å². The van der Waals surface area contributed by atoms with Crippen LogP contribution in [0.1, 0.15) is 22.5 Å². The molecule has 0 saturated heterocycles. The molecule has 0 saturated carbocycles. The number of amides is 1. The standard InChI is InChI=1S/C18H17BrF3N5O/c1-11-5-3-4-6-13(11)8-26-9-14(7-23-26)24-15(28)10-27-12(2)16(19)17(25-27)18(20,21)22/h3-7,9H,8,10H2,1-2H3,(H,24,28). The monoisotopic (exact) mass is 455 g/mol. The molecule has 0 atom stereocenters. The van der Waals surface area contributed by atoms with Crippen molar-refractivity contribution >= 4 is 27.5 Å². The third kappa shape index (κ3) is 4.44. The van der Waals surface area contributed by atoms with E-state index in [1.165, 1.54) is 13.1 Å². The molecule has 2 aromatic heterocycles. The van der Waals surface area contributed by atoms with Crippen molar-refractivity contribution in [2.24, 2.45) is 0 Å². The van der Waals surface area contributed by atoms with Crippen LogP contribution < -0.4 is 5.32 Å². The number of anilines is 1. The van der Waals surface area contributed by atoms with Crippen LogP contribution in [-0.4, -0.2) is 25.5 Å². The molecule has 28 heavy (non-hydrogen) atoms. The highest BCUT2D eigenvalue weighted by Crippen LogP contribution is 2.35. The number of carbonyl (C=O) groups excluding carboxylic acids is 1. The van der Waals surface area contributed by atoms with Crippen molar-refractivity contribution in [3.8, 4) is 0 Å². The lowest BCUT2D eigenvalue weighted by molar-refractivity contribution is -0.142. The summed E-state index contributed by atoms with van der Waals surface area (Å²) in [5, 5.41) is 10.3. The number of aromatic nitrogens is 4. The molecule has 0 bridgehead atoms. The van der Waals surface area contributed by atoms with Gasteiger partial charge in [-0.25, -0.2) is 0 Å². The third-order valence-electron chi connectivity index (χ3n) is 4.21. The number of nitrogens with one attached hydrogen (secondary N) is 1. The van der Waals surface area contributed by atoms with Gasteiger partial charge in [0.25, 0.3) is 0 Å². The van der Waals surface area contributed by atoms with Crippen molar-refractivity contribution in [3.63, 3.8) is 0 Å². The van der Waals surface area contributed by atoms with Gasteiger partial charge in [-0.1, -0.05) is 24.3 Å². The maximum atomic E-state index is 12.9. The van der Waals surface area contributed by atoms with Gasteiger partial charge in [-0.15, -0.1) is 0 Å². The normalized spacial score (nSPS) is 11.6. The zero-order valence-electron chi connectivity index (χ0n) is 15.1. The van der Waals surface area contributed by atoms with Gasteiger partial charge in [0.2, 0.25) is 5.91 Å². The fourth-order valence-corrected chi connectivity index (χ4v) is 3.18. The second-order valence-corrected chi connectivity index (χ2v) is 7.10. The Hall–Kier alpha value is -2.62. The second-order valence-electron chi connectivity index (χ2n) is 6.30. The molecule has 10 heteroatoms. The van der Waals surface area contributed by atoms with Gasteiger partial charge in [-0.2, -0.15) is 23.4 Å². The highest BCUT2D eigenvalue weighted by molar-refractivity contribution is 9.10. The Morgan fingerprint density at radius 1 is 1.25 bits per heavy atom. The molecule has 0 aliphatic heterocycles. The van der Waals surface area contributed by atoms with Crippen LogP contribution in [-0.2, 0) is 24.1 Å². The largest absolute Gasteiger partial charge is 0.436 e. The van der Waals surface area contributed by atoms with Crippen LogP contribution in [0.4, 0.5) is 18.9 Å². The molecule has 0 spiro atoms. The summed E-state index contributed by atoms with van der Waals surface area (Å²) in [6.07, 6.45) is -1.44. The van der Waals surface area contributed by atoms with Crippen LogP contribution in [0, 0.1) is 13.8 Å².